The molecule has 27 heavy (non-hydrogen) atoms. The van der Waals surface area contributed by atoms with E-state index in [1.54, 1.807) is 42.2 Å². The molecule has 0 aliphatic heterocycles. The first-order valence-electron chi connectivity index (χ1n) is 8.87. The number of hydrogen-bond acceptors (Lipinski definition) is 4. The van der Waals surface area contributed by atoms with Gasteiger partial charge in [-0.25, -0.2) is 0 Å². The van der Waals surface area contributed by atoms with E-state index in [0.29, 0.717) is 23.7 Å². The van der Waals surface area contributed by atoms with Crippen LogP contribution in [0.1, 0.15) is 20.3 Å². The minimum atomic E-state index is -0.141. The summed E-state index contributed by atoms with van der Waals surface area (Å²) in [5.41, 5.74) is 1.52. The van der Waals surface area contributed by atoms with Crippen LogP contribution in [0.4, 0.5) is 11.4 Å². The normalized spacial score (nSPS) is 10.2. The third kappa shape index (κ3) is 5.00. The van der Waals surface area contributed by atoms with E-state index in [4.69, 9.17) is 9.47 Å². The number of benzene rings is 2. The van der Waals surface area contributed by atoms with Crippen LogP contribution in [0.2, 0.25) is 0 Å². The van der Waals surface area contributed by atoms with Crippen molar-refractivity contribution in [3.63, 3.8) is 0 Å². The fourth-order valence-corrected chi connectivity index (χ4v) is 2.91. The van der Waals surface area contributed by atoms with E-state index in [9.17, 15) is 9.59 Å². The summed E-state index contributed by atoms with van der Waals surface area (Å²) in [6.07, 6.45) is 0.219. The maximum absolute atomic E-state index is 12.7. The molecule has 2 aromatic carbocycles. The van der Waals surface area contributed by atoms with Crippen molar-refractivity contribution in [3.05, 3.63) is 48.5 Å². The van der Waals surface area contributed by atoms with Crippen molar-refractivity contribution >= 4 is 23.2 Å². The number of amides is 2. The van der Waals surface area contributed by atoms with Crippen LogP contribution in [0.25, 0.3) is 0 Å². The molecule has 0 heterocycles. The van der Waals surface area contributed by atoms with Crippen LogP contribution in [0.5, 0.6) is 11.5 Å². The molecule has 0 radical (unpaired) electrons. The number of nitrogens with zero attached hydrogens (tertiary/aromatic N) is 2. The highest BCUT2D eigenvalue weighted by Gasteiger charge is 2.19. The molecule has 0 aromatic heterocycles. The molecule has 0 N–H and O–H groups in total. The molecular formula is C21H26N2O4. The Kier molecular flexibility index (Phi) is 7.23. The van der Waals surface area contributed by atoms with Crippen molar-refractivity contribution < 1.29 is 19.1 Å². The molecule has 0 fully saturated rings. The Bertz CT molecular complexity index is 777. The van der Waals surface area contributed by atoms with Gasteiger partial charge in [0.2, 0.25) is 11.8 Å². The molecule has 2 amide bonds. The molecular weight excluding hydrogens is 344 g/mol. The third-order valence-corrected chi connectivity index (χ3v) is 4.29. The maximum Gasteiger partial charge on any atom is 0.228 e. The first kappa shape index (κ1) is 20.3. The van der Waals surface area contributed by atoms with Crippen molar-refractivity contribution in [2.24, 2.45) is 0 Å². The first-order chi connectivity index (χ1) is 13.0. The molecule has 6 heteroatoms. The third-order valence-electron chi connectivity index (χ3n) is 4.29. The van der Waals surface area contributed by atoms with Gasteiger partial charge in [0.25, 0.3) is 0 Å². The molecule has 0 spiro atoms. The summed E-state index contributed by atoms with van der Waals surface area (Å²) in [5, 5.41) is 0. The van der Waals surface area contributed by atoms with Gasteiger partial charge in [0.1, 0.15) is 0 Å². The molecule has 0 saturated heterocycles. The predicted molar refractivity (Wildman–Crippen MR) is 107 cm³/mol. The van der Waals surface area contributed by atoms with Crippen molar-refractivity contribution in [2.45, 2.75) is 20.3 Å². The average Bonchev–Trinajstić information content (AvgIpc) is 2.69. The summed E-state index contributed by atoms with van der Waals surface area (Å²) in [5.74, 6) is 0.947. The van der Waals surface area contributed by atoms with E-state index < -0.39 is 0 Å². The van der Waals surface area contributed by atoms with Gasteiger partial charge in [-0.3, -0.25) is 9.59 Å². The topological polar surface area (TPSA) is 59.1 Å². The number of carbonyl (C=O) groups is 2. The highest BCUT2D eigenvalue weighted by molar-refractivity contribution is 5.96. The fourth-order valence-electron chi connectivity index (χ4n) is 2.91. The SMILES string of the molecule is CCN(C(=O)CCN(C(C)=O)c1ccc(OC)c(OC)c1)c1ccccc1. The Balaban J connectivity index is 2.15. The zero-order chi connectivity index (χ0) is 19.8. The van der Waals surface area contributed by atoms with Crippen LogP contribution in [0.3, 0.4) is 0 Å². The van der Waals surface area contributed by atoms with Gasteiger partial charge in [0.15, 0.2) is 11.5 Å². The van der Waals surface area contributed by atoms with Gasteiger partial charge >= 0.3 is 0 Å². The Morgan fingerprint density at radius 2 is 1.56 bits per heavy atom. The number of para-hydroxylation sites is 1. The number of anilines is 2. The van der Waals surface area contributed by atoms with Crippen molar-refractivity contribution in [1.82, 2.24) is 0 Å². The molecule has 2 rings (SSSR count). The van der Waals surface area contributed by atoms with E-state index in [2.05, 4.69) is 0 Å². The smallest absolute Gasteiger partial charge is 0.228 e. The van der Waals surface area contributed by atoms with E-state index >= 15 is 0 Å². The molecule has 0 aliphatic carbocycles. The summed E-state index contributed by atoms with van der Waals surface area (Å²) < 4.78 is 10.5. The zero-order valence-electron chi connectivity index (χ0n) is 16.3. The van der Waals surface area contributed by atoms with Crippen molar-refractivity contribution in [3.8, 4) is 11.5 Å². The quantitative estimate of drug-likeness (QED) is 0.714. The monoisotopic (exact) mass is 370 g/mol. The van der Waals surface area contributed by atoms with Crippen LogP contribution < -0.4 is 19.3 Å². The van der Waals surface area contributed by atoms with E-state index in [1.165, 1.54) is 6.92 Å². The van der Waals surface area contributed by atoms with Gasteiger partial charge in [-0.15, -0.1) is 0 Å². The van der Waals surface area contributed by atoms with Gasteiger partial charge in [-0.2, -0.15) is 0 Å². The Morgan fingerprint density at radius 1 is 0.889 bits per heavy atom. The molecule has 6 nitrogen and oxygen atoms in total. The molecule has 0 unspecified atom stereocenters. The van der Waals surface area contributed by atoms with E-state index in [1.807, 2.05) is 37.3 Å². The average molecular weight is 370 g/mol. The van der Waals surface area contributed by atoms with Crippen LogP contribution >= 0.6 is 0 Å². The maximum atomic E-state index is 12.7. The second kappa shape index (κ2) is 9.62. The fraction of sp³-hybridized carbons (Fsp3) is 0.333. The molecule has 0 atom stereocenters. The largest absolute Gasteiger partial charge is 0.493 e. The Hall–Kier alpha value is -3.02. The van der Waals surface area contributed by atoms with Crippen LogP contribution in [0, 0.1) is 0 Å². The molecule has 0 aliphatic rings. The van der Waals surface area contributed by atoms with E-state index in [0.717, 1.165) is 5.69 Å². The number of rotatable bonds is 8. The van der Waals surface area contributed by atoms with Gasteiger partial charge in [0.05, 0.1) is 14.2 Å². The first-order valence-corrected chi connectivity index (χ1v) is 8.87. The highest BCUT2D eigenvalue weighted by atomic mass is 16.5. The van der Waals surface area contributed by atoms with Gasteiger partial charge in [-0.1, -0.05) is 18.2 Å². The number of carbonyl (C=O) groups excluding carboxylic acids is 2. The molecule has 0 bridgehead atoms. The van der Waals surface area contributed by atoms with Crippen LogP contribution in [0.15, 0.2) is 48.5 Å². The Morgan fingerprint density at radius 3 is 2.11 bits per heavy atom. The van der Waals surface area contributed by atoms with Crippen molar-refractivity contribution in [2.75, 3.05) is 37.1 Å². The summed E-state index contributed by atoms with van der Waals surface area (Å²) >= 11 is 0. The summed E-state index contributed by atoms with van der Waals surface area (Å²) in [6.45, 7) is 4.27. The summed E-state index contributed by atoms with van der Waals surface area (Å²) in [7, 11) is 3.10. The minimum Gasteiger partial charge on any atom is -0.493 e. The Labute approximate surface area is 160 Å². The van der Waals surface area contributed by atoms with Gasteiger partial charge < -0.3 is 19.3 Å². The zero-order valence-corrected chi connectivity index (χ0v) is 16.3. The number of hydrogen-bond donors (Lipinski definition) is 0. The lowest BCUT2D eigenvalue weighted by Crippen LogP contribution is -2.36. The summed E-state index contributed by atoms with van der Waals surface area (Å²) in [6, 6.07) is 14.8. The van der Waals surface area contributed by atoms with Crippen molar-refractivity contribution in [1.29, 1.82) is 0 Å². The lowest BCUT2D eigenvalue weighted by molar-refractivity contribution is -0.118. The minimum absolute atomic E-state index is 0.0320. The van der Waals surface area contributed by atoms with Gasteiger partial charge in [-0.05, 0) is 31.2 Å². The standard InChI is InChI=1S/C21H26N2O4/c1-5-22(17-9-7-6-8-10-17)21(25)13-14-23(16(2)24)18-11-12-19(26-3)20(15-18)27-4/h6-12,15H,5,13-14H2,1-4H3. The number of ether oxygens (including phenoxy) is 2. The molecule has 2 aromatic rings. The highest BCUT2D eigenvalue weighted by Crippen LogP contribution is 2.31. The second-order valence-electron chi connectivity index (χ2n) is 5.93. The van der Waals surface area contributed by atoms with Gasteiger partial charge in [0, 0.05) is 43.9 Å². The predicted octanol–water partition coefficient (Wildman–Crippen LogP) is 3.50. The van der Waals surface area contributed by atoms with E-state index in [-0.39, 0.29) is 24.8 Å². The lowest BCUT2D eigenvalue weighted by atomic mass is 10.2. The summed E-state index contributed by atoms with van der Waals surface area (Å²) in [4.78, 5) is 28.1. The molecule has 144 valence electrons. The number of methoxy groups -OCH3 is 2. The lowest BCUT2D eigenvalue weighted by Gasteiger charge is -2.25. The van der Waals surface area contributed by atoms with Crippen LogP contribution in [-0.2, 0) is 9.59 Å². The second-order valence-corrected chi connectivity index (χ2v) is 5.93. The van der Waals surface area contributed by atoms with Crippen LogP contribution in [-0.4, -0.2) is 39.1 Å². The molecule has 0 saturated carbocycles.